The van der Waals surface area contributed by atoms with Gasteiger partial charge < -0.3 is 10.2 Å². The number of carbonyl (C=O) groups is 1. The Kier molecular flexibility index (Phi) is 4.35. The third-order valence-corrected chi connectivity index (χ3v) is 3.77. The Labute approximate surface area is 114 Å². The van der Waals surface area contributed by atoms with Crippen molar-refractivity contribution in [2.24, 2.45) is 0 Å². The second-order valence-corrected chi connectivity index (χ2v) is 5.42. The fraction of sp³-hybridized carbons (Fsp3) is 0.462. The van der Waals surface area contributed by atoms with Crippen LogP contribution in [0.3, 0.4) is 0 Å². The Morgan fingerprint density at radius 1 is 1.61 bits per heavy atom. The van der Waals surface area contributed by atoms with Crippen molar-refractivity contribution in [2.75, 3.05) is 19.6 Å². The Morgan fingerprint density at radius 3 is 3.06 bits per heavy atom. The molecule has 1 aliphatic rings. The van der Waals surface area contributed by atoms with Crippen LogP contribution in [0.15, 0.2) is 22.7 Å². The SMILES string of the molecule is C[C@H]1CNCCN1C(=O)Cc1ccc(F)c(Br)c1. The van der Waals surface area contributed by atoms with Crippen molar-refractivity contribution in [3.05, 3.63) is 34.1 Å². The van der Waals surface area contributed by atoms with E-state index in [1.807, 2.05) is 11.8 Å². The fourth-order valence-electron chi connectivity index (χ4n) is 2.14. The lowest BCUT2D eigenvalue weighted by molar-refractivity contribution is -0.133. The van der Waals surface area contributed by atoms with E-state index in [2.05, 4.69) is 21.2 Å². The van der Waals surface area contributed by atoms with Gasteiger partial charge in [0.15, 0.2) is 0 Å². The third-order valence-electron chi connectivity index (χ3n) is 3.16. The molecule has 1 fully saturated rings. The van der Waals surface area contributed by atoms with Gasteiger partial charge in [-0.15, -0.1) is 0 Å². The maximum Gasteiger partial charge on any atom is 0.227 e. The van der Waals surface area contributed by atoms with Crippen LogP contribution in [0.1, 0.15) is 12.5 Å². The van der Waals surface area contributed by atoms with Crippen LogP contribution >= 0.6 is 15.9 Å². The second kappa shape index (κ2) is 5.80. The van der Waals surface area contributed by atoms with Gasteiger partial charge >= 0.3 is 0 Å². The fourth-order valence-corrected chi connectivity index (χ4v) is 2.56. The molecule has 0 radical (unpaired) electrons. The molecule has 1 aliphatic heterocycles. The first kappa shape index (κ1) is 13.5. The molecule has 0 aromatic heterocycles. The number of hydrogen-bond donors (Lipinski definition) is 1. The van der Waals surface area contributed by atoms with Gasteiger partial charge in [-0.25, -0.2) is 4.39 Å². The van der Waals surface area contributed by atoms with E-state index in [1.165, 1.54) is 6.07 Å². The van der Waals surface area contributed by atoms with Gasteiger partial charge in [0.05, 0.1) is 10.9 Å². The molecule has 98 valence electrons. The highest BCUT2D eigenvalue weighted by molar-refractivity contribution is 9.10. The van der Waals surface area contributed by atoms with Crippen molar-refractivity contribution in [3.8, 4) is 0 Å². The first-order chi connectivity index (χ1) is 8.58. The summed E-state index contributed by atoms with van der Waals surface area (Å²) in [6.07, 6.45) is 0.323. The minimum absolute atomic E-state index is 0.0995. The summed E-state index contributed by atoms with van der Waals surface area (Å²) in [6.45, 7) is 4.44. The molecule has 0 aliphatic carbocycles. The van der Waals surface area contributed by atoms with Gasteiger partial charge in [0.2, 0.25) is 5.91 Å². The number of piperazine rings is 1. The number of halogens is 2. The van der Waals surface area contributed by atoms with Crippen molar-refractivity contribution in [2.45, 2.75) is 19.4 Å². The number of nitrogens with zero attached hydrogens (tertiary/aromatic N) is 1. The Balaban J connectivity index is 2.04. The summed E-state index contributed by atoms with van der Waals surface area (Å²) in [7, 11) is 0. The predicted molar refractivity (Wildman–Crippen MR) is 71.8 cm³/mol. The zero-order chi connectivity index (χ0) is 13.1. The first-order valence-corrected chi connectivity index (χ1v) is 6.81. The molecule has 5 heteroatoms. The lowest BCUT2D eigenvalue weighted by Gasteiger charge is -2.34. The molecule has 1 atom stereocenters. The third kappa shape index (κ3) is 3.09. The van der Waals surface area contributed by atoms with Gasteiger partial charge in [-0.1, -0.05) is 6.07 Å². The second-order valence-electron chi connectivity index (χ2n) is 4.57. The molecule has 0 unspecified atom stereocenters. The van der Waals surface area contributed by atoms with E-state index in [-0.39, 0.29) is 17.8 Å². The molecule has 1 saturated heterocycles. The van der Waals surface area contributed by atoms with E-state index in [0.29, 0.717) is 10.9 Å². The van der Waals surface area contributed by atoms with E-state index < -0.39 is 0 Å². The molecule has 1 aromatic carbocycles. The lowest BCUT2D eigenvalue weighted by Crippen LogP contribution is -2.52. The number of amides is 1. The van der Waals surface area contributed by atoms with E-state index in [4.69, 9.17) is 0 Å². The summed E-state index contributed by atoms with van der Waals surface area (Å²) < 4.78 is 13.5. The van der Waals surface area contributed by atoms with Crippen LogP contribution in [0.2, 0.25) is 0 Å². The van der Waals surface area contributed by atoms with Gasteiger partial charge in [-0.05, 0) is 40.5 Å². The number of carbonyl (C=O) groups excluding carboxylic acids is 1. The van der Waals surface area contributed by atoms with Crippen molar-refractivity contribution in [1.82, 2.24) is 10.2 Å². The largest absolute Gasteiger partial charge is 0.337 e. The molecule has 3 nitrogen and oxygen atoms in total. The molecule has 18 heavy (non-hydrogen) atoms. The monoisotopic (exact) mass is 314 g/mol. The van der Waals surface area contributed by atoms with E-state index >= 15 is 0 Å². The van der Waals surface area contributed by atoms with E-state index in [0.717, 1.165) is 25.2 Å². The molecule has 0 spiro atoms. The summed E-state index contributed by atoms with van der Waals surface area (Å²) >= 11 is 3.13. The summed E-state index contributed by atoms with van der Waals surface area (Å²) in [5, 5.41) is 3.25. The zero-order valence-corrected chi connectivity index (χ0v) is 11.8. The van der Waals surface area contributed by atoms with Gasteiger partial charge in [0.25, 0.3) is 0 Å². The molecule has 2 rings (SSSR count). The molecule has 1 aromatic rings. The maximum atomic E-state index is 13.1. The highest BCUT2D eigenvalue weighted by Gasteiger charge is 2.22. The first-order valence-electron chi connectivity index (χ1n) is 6.02. The number of rotatable bonds is 2. The maximum absolute atomic E-state index is 13.1. The summed E-state index contributed by atoms with van der Waals surface area (Å²) in [5.41, 5.74) is 0.832. The van der Waals surface area contributed by atoms with Crippen molar-refractivity contribution in [3.63, 3.8) is 0 Å². The summed E-state index contributed by atoms with van der Waals surface area (Å²) in [5.74, 6) is -0.204. The number of nitrogens with one attached hydrogen (secondary N) is 1. The predicted octanol–water partition coefficient (Wildman–Crippen LogP) is 1.95. The minimum Gasteiger partial charge on any atom is -0.337 e. The molecule has 0 bridgehead atoms. The van der Waals surface area contributed by atoms with Crippen molar-refractivity contribution >= 4 is 21.8 Å². The van der Waals surface area contributed by atoms with Crippen molar-refractivity contribution in [1.29, 1.82) is 0 Å². The van der Waals surface area contributed by atoms with Crippen LogP contribution < -0.4 is 5.32 Å². The highest BCUT2D eigenvalue weighted by atomic mass is 79.9. The Hall–Kier alpha value is -0.940. The quantitative estimate of drug-likeness (QED) is 0.905. The summed E-state index contributed by atoms with van der Waals surface area (Å²) in [4.78, 5) is 14.0. The van der Waals surface area contributed by atoms with Crippen LogP contribution in [-0.2, 0) is 11.2 Å². The smallest absolute Gasteiger partial charge is 0.227 e. The average molecular weight is 315 g/mol. The van der Waals surface area contributed by atoms with Crippen LogP contribution in [0.5, 0.6) is 0 Å². The molecule has 0 saturated carbocycles. The Morgan fingerprint density at radius 2 is 2.39 bits per heavy atom. The zero-order valence-electron chi connectivity index (χ0n) is 10.2. The topological polar surface area (TPSA) is 32.3 Å². The van der Waals surface area contributed by atoms with Crippen LogP contribution in [-0.4, -0.2) is 36.5 Å². The average Bonchev–Trinajstić information content (AvgIpc) is 2.34. The molecule has 1 N–H and O–H groups in total. The highest BCUT2D eigenvalue weighted by Crippen LogP contribution is 2.18. The standard InChI is InChI=1S/C13H16BrFN2O/c1-9-8-16-4-5-17(9)13(18)7-10-2-3-12(15)11(14)6-10/h2-3,6,9,16H,4-5,7-8H2,1H3/t9-/m0/s1. The summed E-state index contributed by atoms with van der Waals surface area (Å²) in [6, 6.07) is 4.92. The van der Waals surface area contributed by atoms with E-state index in [9.17, 15) is 9.18 Å². The van der Waals surface area contributed by atoms with Gasteiger partial charge in [-0.3, -0.25) is 4.79 Å². The van der Waals surface area contributed by atoms with E-state index in [1.54, 1.807) is 12.1 Å². The number of hydrogen-bond acceptors (Lipinski definition) is 2. The Bertz CT molecular complexity index is 453. The van der Waals surface area contributed by atoms with Gasteiger partial charge in [0.1, 0.15) is 5.82 Å². The van der Waals surface area contributed by atoms with Gasteiger partial charge in [-0.2, -0.15) is 0 Å². The molecule has 1 amide bonds. The van der Waals surface area contributed by atoms with Crippen LogP contribution in [0.25, 0.3) is 0 Å². The molecular weight excluding hydrogens is 299 g/mol. The molecule has 1 heterocycles. The van der Waals surface area contributed by atoms with Crippen LogP contribution in [0.4, 0.5) is 4.39 Å². The van der Waals surface area contributed by atoms with Gasteiger partial charge in [0, 0.05) is 25.7 Å². The lowest BCUT2D eigenvalue weighted by atomic mass is 10.1. The molecular formula is C13H16BrFN2O. The number of benzene rings is 1. The van der Waals surface area contributed by atoms with Crippen LogP contribution in [0, 0.1) is 5.82 Å². The normalized spacial score (nSPS) is 19.9. The van der Waals surface area contributed by atoms with Crippen molar-refractivity contribution < 1.29 is 9.18 Å². The minimum atomic E-state index is -0.304.